The van der Waals surface area contributed by atoms with E-state index in [1.165, 1.54) is 0 Å². The summed E-state index contributed by atoms with van der Waals surface area (Å²) in [7, 11) is -1.58. The van der Waals surface area contributed by atoms with Crippen LogP contribution in [0, 0.1) is 0 Å². The van der Waals surface area contributed by atoms with Crippen LogP contribution in [0.4, 0.5) is 0 Å². The number of aromatic nitrogens is 1. The van der Waals surface area contributed by atoms with Crippen LogP contribution in [0.1, 0.15) is 6.42 Å². The lowest BCUT2D eigenvalue weighted by Gasteiger charge is -2.17. The summed E-state index contributed by atoms with van der Waals surface area (Å²) >= 11 is 0. The van der Waals surface area contributed by atoms with Gasteiger partial charge in [-0.05, 0) is 25.6 Å². The van der Waals surface area contributed by atoms with E-state index in [1.807, 2.05) is 13.1 Å². The summed E-state index contributed by atoms with van der Waals surface area (Å²) in [5.74, 6) is 0. The van der Waals surface area contributed by atoms with E-state index < -0.39 is 10.0 Å². The number of benzene rings is 1. The van der Waals surface area contributed by atoms with Crippen LogP contribution in [-0.2, 0) is 10.0 Å². The molecule has 20 heavy (non-hydrogen) atoms. The molecule has 1 aliphatic rings. The minimum Gasteiger partial charge on any atom is -0.316 e. The molecule has 3 rings (SSSR count). The van der Waals surface area contributed by atoms with Gasteiger partial charge >= 0.3 is 0 Å². The van der Waals surface area contributed by atoms with Crippen LogP contribution in [0.2, 0.25) is 0 Å². The van der Waals surface area contributed by atoms with Gasteiger partial charge in [0.15, 0.2) is 0 Å². The molecule has 0 radical (unpaired) electrons. The second kappa shape index (κ2) is 5.12. The standard InChI is InChI=1S/C14H17N3O2S/c1-15-12-6-8-17(10-12)20(18,19)14-4-2-3-11-9-16-7-5-13(11)14/h2-5,7,9,12,15H,6,8,10H2,1H3. The summed E-state index contributed by atoms with van der Waals surface area (Å²) in [6.07, 6.45) is 4.17. The van der Waals surface area contributed by atoms with Gasteiger partial charge in [-0.2, -0.15) is 4.31 Å². The van der Waals surface area contributed by atoms with E-state index in [1.54, 1.807) is 34.9 Å². The topological polar surface area (TPSA) is 62.3 Å². The van der Waals surface area contributed by atoms with Crippen molar-refractivity contribution in [3.05, 3.63) is 36.7 Å². The number of hydrogen-bond donors (Lipinski definition) is 1. The molecule has 1 aromatic carbocycles. The Morgan fingerprint density at radius 3 is 2.95 bits per heavy atom. The minimum atomic E-state index is -3.44. The van der Waals surface area contributed by atoms with Gasteiger partial charge in [-0.25, -0.2) is 8.42 Å². The first kappa shape index (κ1) is 13.5. The highest BCUT2D eigenvalue weighted by atomic mass is 32.2. The molecule has 1 N–H and O–H groups in total. The van der Waals surface area contributed by atoms with Crippen LogP contribution in [0.5, 0.6) is 0 Å². The van der Waals surface area contributed by atoms with E-state index >= 15 is 0 Å². The maximum absolute atomic E-state index is 12.8. The zero-order chi connectivity index (χ0) is 14.2. The third-order valence-corrected chi connectivity index (χ3v) is 5.74. The summed E-state index contributed by atoms with van der Waals surface area (Å²) < 4.78 is 27.1. The van der Waals surface area contributed by atoms with E-state index in [4.69, 9.17) is 0 Å². The van der Waals surface area contributed by atoms with Gasteiger partial charge in [-0.3, -0.25) is 4.98 Å². The van der Waals surface area contributed by atoms with Crippen molar-refractivity contribution in [2.24, 2.45) is 0 Å². The number of sulfonamides is 1. The fraction of sp³-hybridized carbons (Fsp3) is 0.357. The fourth-order valence-electron chi connectivity index (χ4n) is 2.64. The van der Waals surface area contributed by atoms with Crippen LogP contribution in [0.15, 0.2) is 41.6 Å². The van der Waals surface area contributed by atoms with Gasteiger partial charge in [-0.1, -0.05) is 12.1 Å². The molecule has 6 heteroatoms. The summed E-state index contributed by atoms with van der Waals surface area (Å²) in [6.45, 7) is 1.09. The number of nitrogens with zero attached hydrogens (tertiary/aromatic N) is 2. The zero-order valence-corrected chi connectivity index (χ0v) is 12.1. The predicted molar refractivity (Wildman–Crippen MR) is 78.0 cm³/mol. The van der Waals surface area contributed by atoms with Crippen molar-refractivity contribution < 1.29 is 8.42 Å². The second-order valence-corrected chi connectivity index (χ2v) is 6.90. The van der Waals surface area contributed by atoms with Gasteiger partial charge in [0.25, 0.3) is 0 Å². The lowest BCUT2D eigenvalue weighted by Crippen LogP contribution is -2.33. The SMILES string of the molecule is CNC1CCN(S(=O)(=O)c2cccc3cnccc23)C1. The van der Waals surface area contributed by atoms with Crippen molar-refractivity contribution in [2.45, 2.75) is 17.4 Å². The molecule has 1 saturated heterocycles. The van der Waals surface area contributed by atoms with E-state index in [2.05, 4.69) is 10.3 Å². The molecule has 1 atom stereocenters. The van der Waals surface area contributed by atoms with Crippen molar-refractivity contribution in [1.82, 2.24) is 14.6 Å². The predicted octanol–water partition coefficient (Wildman–Crippen LogP) is 1.22. The maximum atomic E-state index is 12.8. The molecule has 2 heterocycles. The lowest BCUT2D eigenvalue weighted by molar-refractivity contribution is 0.465. The third kappa shape index (κ3) is 2.19. The molecule has 0 bridgehead atoms. The highest BCUT2D eigenvalue weighted by molar-refractivity contribution is 7.89. The van der Waals surface area contributed by atoms with E-state index in [-0.39, 0.29) is 6.04 Å². The Morgan fingerprint density at radius 2 is 2.20 bits per heavy atom. The molecule has 106 valence electrons. The third-order valence-electron chi connectivity index (χ3n) is 3.82. The van der Waals surface area contributed by atoms with Gasteiger partial charge in [0.1, 0.15) is 0 Å². The van der Waals surface area contributed by atoms with Crippen LogP contribution in [0.25, 0.3) is 10.8 Å². The number of pyridine rings is 1. The number of likely N-dealkylation sites (N-methyl/N-ethyl adjacent to an activating group) is 1. The molecule has 0 amide bonds. The van der Waals surface area contributed by atoms with Crippen molar-refractivity contribution in [2.75, 3.05) is 20.1 Å². The Balaban J connectivity index is 2.06. The minimum absolute atomic E-state index is 0.237. The van der Waals surface area contributed by atoms with Gasteiger partial charge in [-0.15, -0.1) is 0 Å². The van der Waals surface area contributed by atoms with Crippen molar-refractivity contribution in [3.8, 4) is 0 Å². The van der Waals surface area contributed by atoms with Crippen molar-refractivity contribution in [3.63, 3.8) is 0 Å². The van der Waals surface area contributed by atoms with Crippen LogP contribution in [-0.4, -0.2) is 43.9 Å². The summed E-state index contributed by atoms with van der Waals surface area (Å²) in [5.41, 5.74) is 0. The first-order chi connectivity index (χ1) is 9.63. The molecule has 2 aromatic rings. The molecule has 1 unspecified atom stereocenters. The molecular formula is C14H17N3O2S. The fourth-order valence-corrected chi connectivity index (χ4v) is 4.35. The summed E-state index contributed by atoms with van der Waals surface area (Å²) in [4.78, 5) is 4.41. The van der Waals surface area contributed by atoms with Crippen molar-refractivity contribution in [1.29, 1.82) is 0 Å². The first-order valence-corrected chi connectivity index (χ1v) is 8.07. The Morgan fingerprint density at radius 1 is 1.35 bits per heavy atom. The van der Waals surface area contributed by atoms with Crippen LogP contribution >= 0.6 is 0 Å². The molecule has 0 saturated carbocycles. The molecule has 5 nitrogen and oxygen atoms in total. The Labute approximate surface area is 118 Å². The highest BCUT2D eigenvalue weighted by Crippen LogP contribution is 2.27. The Kier molecular flexibility index (Phi) is 3.45. The lowest BCUT2D eigenvalue weighted by atomic mass is 10.2. The zero-order valence-electron chi connectivity index (χ0n) is 11.3. The molecule has 1 aromatic heterocycles. The molecular weight excluding hydrogens is 274 g/mol. The number of fused-ring (bicyclic) bond motifs is 1. The smallest absolute Gasteiger partial charge is 0.243 e. The average molecular weight is 291 g/mol. The van der Waals surface area contributed by atoms with Gasteiger partial charge < -0.3 is 5.32 Å². The maximum Gasteiger partial charge on any atom is 0.243 e. The molecule has 0 spiro atoms. The molecule has 1 fully saturated rings. The highest BCUT2D eigenvalue weighted by Gasteiger charge is 2.32. The largest absolute Gasteiger partial charge is 0.316 e. The van der Waals surface area contributed by atoms with Gasteiger partial charge in [0.05, 0.1) is 4.90 Å². The number of hydrogen-bond acceptors (Lipinski definition) is 4. The first-order valence-electron chi connectivity index (χ1n) is 6.63. The van der Waals surface area contributed by atoms with E-state index in [0.29, 0.717) is 18.0 Å². The second-order valence-electron chi connectivity index (χ2n) is 4.99. The van der Waals surface area contributed by atoms with E-state index in [9.17, 15) is 8.42 Å². The monoisotopic (exact) mass is 291 g/mol. The normalized spacial score (nSPS) is 20.6. The van der Waals surface area contributed by atoms with E-state index in [0.717, 1.165) is 17.2 Å². The van der Waals surface area contributed by atoms with Crippen molar-refractivity contribution >= 4 is 20.8 Å². The Hall–Kier alpha value is -1.50. The summed E-state index contributed by atoms with van der Waals surface area (Å²) in [6, 6.07) is 7.31. The van der Waals surface area contributed by atoms with Gasteiger partial charge in [0.2, 0.25) is 10.0 Å². The molecule has 0 aliphatic carbocycles. The Bertz CT molecular complexity index is 725. The number of nitrogens with one attached hydrogen (secondary N) is 1. The molecule has 1 aliphatic heterocycles. The average Bonchev–Trinajstić information content (AvgIpc) is 2.96. The van der Waals surface area contributed by atoms with Gasteiger partial charge in [0, 0.05) is 42.3 Å². The summed E-state index contributed by atoms with van der Waals surface area (Å²) in [5, 5.41) is 4.72. The van der Waals surface area contributed by atoms with Crippen LogP contribution < -0.4 is 5.32 Å². The number of rotatable bonds is 3. The van der Waals surface area contributed by atoms with Crippen LogP contribution in [0.3, 0.4) is 0 Å². The quantitative estimate of drug-likeness (QED) is 0.923.